The molecule has 0 bridgehead atoms. The van der Waals surface area contributed by atoms with Gasteiger partial charge < -0.3 is 5.11 Å². The average molecular weight is 321 g/mol. The summed E-state index contributed by atoms with van der Waals surface area (Å²) in [5.41, 5.74) is 4.10. The Kier molecular flexibility index (Phi) is 5.11. The van der Waals surface area contributed by atoms with E-state index in [1.54, 1.807) is 18.0 Å². The predicted molar refractivity (Wildman–Crippen MR) is 95.5 cm³/mol. The molecule has 2 nitrogen and oxygen atoms in total. The lowest BCUT2D eigenvalue weighted by molar-refractivity contribution is 0.219. The van der Waals surface area contributed by atoms with Crippen molar-refractivity contribution >= 4 is 11.8 Å². The fourth-order valence-electron chi connectivity index (χ4n) is 2.44. The van der Waals surface area contributed by atoms with Gasteiger partial charge in [0.1, 0.15) is 6.10 Å². The number of rotatable bonds is 5. The van der Waals surface area contributed by atoms with Gasteiger partial charge in [0.2, 0.25) is 0 Å². The fraction of sp³-hybridized carbons (Fsp3) is 0.150. The van der Waals surface area contributed by atoms with Crippen LogP contribution < -0.4 is 0 Å². The maximum atomic E-state index is 10.5. The zero-order chi connectivity index (χ0) is 16.1. The number of hydrogen-bond acceptors (Lipinski definition) is 3. The third kappa shape index (κ3) is 4.01. The number of nitrogens with zero attached hydrogens (tertiary/aromatic N) is 1. The summed E-state index contributed by atoms with van der Waals surface area (Å²) in [6.45, 7) is 2.04. The van der Waals surface area contributed by atoms with Gasteiger partial charge in [0, 0.05) is 17.5 Å². The molecule has 0 aliphatic rings. The molecule has 0 spiro atoms. The lowest BCUT2D eigenvalue weighted by Gasteiger charge is -2.13. The molecule has 3 heteroatoms. The van der Waals surface area contributed by atoms with Gasteiger partial charge >= 0.3 is 0 Å². The van der Waals surface area contributed by atoms with Crippen LogP contribution in [0, 0.1) is 6.92 Å². The number of benzene rings is 2. The Balaban J connectivity index is 1.73. The summed E-state index contributed by atoms with van der Waals surface area (Å²) in [6.07, 6.45) is 1.15. The molecule has 0 fully saturated rings. The molecule has 0 amide bonds. The van der Waals surface area contributed by atoms with Crippen LogP contribution in [0.4, 0.5) is 0 Å². The smallest absolute Gasteiger partial charge is 0.106 e. The van der Waals surface area contributed by atoms with Crippen LogP contribution in [0.3, 0.4) is 0 Å². The van der Waals surface area contributed by atoms with E-state index in [2.05, 4.69) is 29.2 Å². The van der Waals surface area contributed by atoms with Crippen molar-refractivity contribution in [3.63, 3.8) is 0 Å². The zero-order valence-electron chi connectivity index (χ0n) is 13.0. The molecule has 0 aliphatic carbocycles. The van der Waals surface area contributed by atoms with E-state index in [1.165, 1.54) is 5.56 Å². The fourth-order valence-corrected chi connectivity index (χ4v) is 3.35. The van der Waals surface area contributed by atoms with E-state index < -0.39 is 6.10 Å². The predicted octanol–water partition coefficient (Wildman–Crippen LogP) is 4.76. The van der Waals surface area contributed by atoms with Crippen molar-refractivity contribution in [2.24, 2.45) is 0 Å². The van der Waals surface area contributed by atoms with Crippen molar-refractivity contribution in [3.05, 3.63) is 95.2 Å². The van der Waals surface area contributed by atoms with Crippen LogP contribution in [-0.2, 0) is 5.75 Å². The molecule has 0 aliphatic heterocycles. The van der Waals surface area contributed by atoms with Crippen LogP contribution in [0.25, 0.3) is 0 Å². The minimum Gasteiger partial charge on any atom is -0.384 e. The molecule has 1 aromatic heterocycles. The van der Waals surface area contributed by atoms with Crippen LogP contribution in [0.2, 0.25) is 0 Å². The topological polar surface area (TPSA) is 33.1 Å². The third-order valence-electron chi connectivity index (χ3n) is 3.70. The molecule has 0 radical (unpaired) electrons. The van der Waals surface area contributed by atoms with Gasteiger partial charge in [-0.25, -0.2) is 4.98 Å². The van der Waals surface area contributed by atoms with Crippen LogP contribution in [0.15, 0.2) is 78.0 Å². The SMILES string of the molecule is Cc1cc([C@H](O)c2ccccc2)cnc1SCc1ccccc1. The van der Waals surface area contributed by atoms with Gasteiger partial charge in [-0.15, -0.1) is 11.8 Å². The minimum atomic E-state index is -0.629. The Labute approximate surface area is 141 Å². The van der Waals surface area contributed by atoms with E-state index in [-0.39, 0.29) is 0 Å². The van der Waals surface area contributed by atoms with Crippen LogP contribution in [0.5, 0.6) is 0 Å². The lowest BCUT2D eigenvalue weighted by atomic mass is 10.0. The van der Waals surface area contributed by atoms with E-state index in [0.29, 0.717) is 0 Å². The highest BCUT2D eigenvalue weighted by atomic mass is 32.2. The van der Waals surface area contributed by atoms with Gasteiger partial charge in [0.15, 0.2) is 0 Å². The number of aliphatic hydroxyl groups is 1. The molecule has 23 heavy (non-hydrogen) atoms. The Morgan fingerprint density at radius 1 is 0.957 bits per heavy atom. The highest BCUT2D eigenvalue weighted by Crippen LogP contribution is 2.28. The summed E-state index contributed by atoms with van der Waals surface area (Å²) in [4.78, 5) is 4.54. The maximum absolute atomic E-state index is 10.5. The van der Waals surface area contributed by atoms with Crippen molar-refractivity contribution in [3.8, 4) is 0 Å². The molecule has 1 atom stereocenters. The van der Waals surface area contributed by atoms with Crippen molar-refractivity contribution in [2.75, 3.05) is 0 Å². The number of thioether (sulfide) groups is 1. The number of hydrogen-bond donors (Lipinski definition) is 1. The number of aryl methyl sites for hydroxylation is 1. The molecule has 0 saturated heterocycles. The number of aliphatic hydroxyl groups excluding tert-OH is 1. The van der Waals surface area contributed by atoms with Gasteiger partial charge in [-0.1, -0.05) is 60.7 Å². The zero-order valence-corrected chi connectivity index (χ0v) is 13.8. The first-order chi connectivity index (χ1) is 11.2. The second-order valence-electron chi connectivity index (χ2n) is 5.48. The van der Waals surface area contributed by atoms with Crippen molar-refractivity contribution in [2.45, 2.75) is 23.8 Å². The van der Waals surface area contributed by atoms with Gasteiger partial charge in [-0.3, -0.25) is 0 Å². The number of aromatic nitrogens is 1. The first-order valence-corrected chi connectivity index (χ1v) is 8.59. The van der Waals surface area contributed by atoms with E-state index >= 15 is 0 Å². The summed E-state index contributed by atoms with van der Waals surface area (Å²) in [5.74, 6) is 0.898. The Hall–Kier alpha value is -2.10. The molecule has 1 N–H and O–H groups in total. The second kappa shape index (κ2) is 7.44. The van der Waals surface area contributed by atoms with Crippen molar-refractivity contribution in [1.29, 1.82) is 0 Å². The molecule has 1 heterocycles. The van der Waals surface area contributed by atoms with Crippen molar-refractivity contribution in [1.82, 2.24) is 4.98 Å². The van der Waals surface area contributed by atoms with Gasteiger partial charge in [-0.2, -0.15) is 0 Å². The summed E-state index contributed by atoms with van der Waals surface area (Å²) < 4.78 is 0. The van der Waals surface area contributed by atoms with Gasteiger partial charge in [0.05, 0.1) is 5.03 Å². The first kappa shape index (κ1) is 15.8. The minimum absolute atomic E-state index is 0.629. The Morgan fingerprint density at radius 3 is 2.26 bits per heavy atom. The van der Waals surface area contributed by atoms with Crippen LogP contribution in [0.1, 0.15) is 28.4 Å². The summed E-state index contributed by atoms with van der Waals surface area (Å²) in [5, 5.41) is 11.5. The molecule has 116 valence electrons. The second-order valence-corrected chi connectivity index (χ2v) is 6.44. The molecular formula is C20H19NOS. The standard InChI is InChI=1S/C20H19NOS/c1-15-12-18(19(22)17-10-6-3-7-11-17)13-21-20(15)23-14-16-8-4-2-5-9-16/h2-13,19,22H,14H2,1H3/t19-/m1/s1. The summed E-state index contributed by atoms with van der Waals surface area (Å²) >= 11 is 1.72. The van der Waals surface area contributed by atoms with Crippen LogP contribution in [-0.4, -0.2) is 10.1 Å². The normalized spacial score (nSPS) is 12.1. The van der Waals surface area contributed by atoms with Gasteiger partial charge in [-0.05, 0) is 29.7 Å². The quantitative estimate of drug-likeness (QED) is 0.688. The largest absolute Gasteiger partial charge is 0.384 e. The summed E-state index contributed by atoms with van der Waals surface area (Å²) in [6, 6.07) is 22.1. The highest BCUT2D eigenvalue weighted by Gasteiger charge is 2.12. The molecule has 2 aromatic carbocycles. The van der Waals surface area contributed by atoms with E-state index in [0.717, 1.165) is 27.5 Å². The third-order valence-corrected chi connectivity index (χ3v) is 4.88. The highest BCUT2D eigenvalue weighted by molar-refractivity contribution is 7.98. The molecule has 3 aromatic rings. The Bertz CT molecular complexity index is 759. The molecular weight excluding hydrogens is 302 g/mol. The number of pyridine rings is 1. The first-order valence-electron chi connectivity index (χ1n) is 7.60. The monoisotopic (exact) mass is 321 g/mol. The van der Waals surface area contributed by atoms with E-state index in [1.807, 2.05) is 49.4 Å². The summed E-state index contributed by atoms with van der Waals surface area (Å²) in [7, 11) is 0. The maximum Gasteiger partial charge on any atom is 0.106 e. The lowest BCUT2D eigenvalue weighted by Crippen LogP contribution is -2.01. The van der Waals surface area contributed by atoms with Crippen molar-refractivity contribution < 1.29 is 5.11 Å². The Morgan fingerprint density at radius 2 is 1.61 bits per heavy atom. The average Bonchev–Trinajstić information content (AvgIpc) is 2.61. The molecule has 3 rings (SSSR count). The van der Waals surface area contributed by atoms with E-state index in [4.69, 9.17) is 0 Å². The van der Waals surface area contributed by atoms with Crippen LogP contribution >= 0.6 is 11.8 Å². The van der Waals surface area contributed by atoms with Gasteiger partial charge in [0.25, 0.3) is 0 Å². The molecule has 0 saturated carbocycles. The van der Waals surface area contributed by atoms with E-state index in [9.17, 15) is 5.11 Å². The molecule has 0 unspecified atom stereocenters.